The quantitative estimate of drug-likeness (QED) is 0.687. The Balaban J connectivity index is 2.46. The Morgan fingerprint density at radius 2 is 1.80 bits per heavy atom. The van der Waals surface area contributed by atoms with E-state index in [1.165, 1.54) is 4.31 Å². The largest absolute Gasteiger partial charge is 0.340 e. The van der Waals surface area contributed by atoms with Crippen LogP contribution in [0.4, 0.5) is 0 Å². The van der Waals surface area contributed by atoms with Crippen LogP contribution in [0.3, 0.4) is 0 Å². The van der Waals surface area contributed by atoms with E-state index in [1.807, 2.05) is 0 Å². The number of piperazine rings is 1. The van der Waals surface area contributed by atoms with Gasteiger partial charge in [-0.15, -0.1) is 0 Å². The SMILES string of the molecule is NS(=O)(=O)N1CCN(C(=O)CCBr)CC1. The fraction of sp³-hybridized carbons (Fsp3) is 0.857. The molecule has 1 fully saturated rings. The fourth-order valence-corrected chi connectivity index (χ4v) is 2.44. The Morgan fingerprint density at radius 3 is 2.20 bits per heavy atom. The predicted octanol–water partition coefficient (Wildman–Crippen LogP) is -0.881. The Kier molecular flexibility index (Phi) is 4.50. The molecule has 0 bridgehead atoms. The molecular weight excluding hydrogens is 286 g/mol. The van der Waals surface area contributed by atoms with E-state index in [4.69, 9.17) is 5.14 Å². The molecule has 6 nitrogen and oxygen atoms in total. The van der Waals surface area contributed by atoms with E-state index in [9.17, 15) is 13.2 Å². The first-order chi connectivity index (χ1) is 6.95. The average Bonchev–Trinajstić information content (AvgIpc) is 2.17. The highest BCUT2D eigenvalue weighted by molar-refractivity contribution is 9.09. The van der Waals surface area contributed by atoms with Crippen LogP contribution >= 0.6 is 15.9 Å². The maximum absolute atomic E-state index is 11.5. The summed E-state index contributed by atoms with van der Waals surface area (Å²) in [5, 5.41) is 5.60. The molecule has 8 heteroatoms. The maximum atomic E-state index is 11.5. The highest BCUT2D eigenvalue weighted by Gasteiger charge is 2.25. The first-order valence-electron chi connectivity index (χ1n) is 4.57. The van der Waals surface area contributed by atoms with Gasteiger partial charge in [-0.1, -0.05) is 15.9 Å². The summed E-state index contributed by atoms with van der Waals surface area (Å²) in [7, 11) is -3.60. The third-order valence-corrected chi connectivity index (χ3v) is 3.74. The van der Waals surface area contributed by atoms with Gasteiger partial charge in [-0.25, -0.2) is 5.14 Å². The van der Waals surface area contributed by atoms with Crippen LogP contribution in [0, 0.1) is 0 Å². The van der Waals surface area contributed by atoms with Crippen LogP contribution in [-0.2, 0) is 15.0 Å². The Morgan fingerprint density at radius 1 is 1.27 bits per heavy atom. The summed E-state index contributed by atoms with van der Waals surface area (Å²) in [5.74, 6) is 0.0425. The number of alkyl halides is 1. The highest BCUT2D eigenvalue weighted by atomic mass is 79.9. The van der Waals surface area contributed by atoms with Gasteiger partial charge in [0.15, 0.2) is 0 Å². The van der Waals surface area contributed by atoms with Gasteiger partial charge in [0.25, 0.3) is 10.2 Å². The summed E-state index contributed by atoms with van der Waals surface area (Å²) in [6.45, 7) is 1.41. The molecule has 1 aliphatic heterocycles. The summed E-state index contributed by atoms with van der Waals surface area (Å²) < 4.78 is 23.1. The number of hydrogen-bond acceptors (Lipinski definition) is 3. The van der Waals surface area contributed by atoms with Crippen molar-refractivity contribution in [2.75, 3.05) is 31.5 Å². The molecule has 0 aromatic rings. The molecule has 0 aromatic heterocycles. The topological polar surface area (TPSA) is 83.7 Å². The zero-order chi connectivity index (χ0) is 11.5. The molecule has 0 atom stereocenters. The van der Waals surface area contributed by atoms with Gasteiger partial charge < -0.3 is 4.90 Å². The lowest BCUT2D eigenvalue weighted by Crippen LogP contribution is -2.52. The van der Waals surface area contributed by atoms with Crippen molar-refractivity contribution in [1.29, 1.82) is 0 Å². The van der Waals surface area contributed by atoms with Crippen molar-refractivity contribution >= 4 is 32.0 Å². The fourth-order valence-electron chi connectivity index (χ4n) is 1.43. The van der Waals surface area contributed by atoms with Crippen molar-refractivity contribution in [2.45, 2.75) is 6.42 Å². The van der Waals surface area contributed by atoms with Crippen molar-refractivity contribution in [3.8, 4) is 0 Å². The zero-order valence-electron chi connectivity index (χ0n) is 8.23. The van der Waals surface area contributed by atoms with E-state index < -0.39 is 10.2 Å². The number of hydrogen-bond donors (Lipinski definition) is 1. The van der Waals surface area contributed by atoms with E-state index in [0.717, 1.165) is 0 Å². The van der Waals surface area contributed by atoms with E-state index in [2.05, 4.69) is 15.9 Å². The third-order valence-electron chi connectivity index (χ3n) is 2.26. The Bertz CT molecular complexity index is 324. The van der Waals surface area contributed by atoms with E-state index in [0.29, 0.717) is 24.8 Å². The lowest BCUT2D eigenvalue weighted by atomic mass is 10.3. The molecule has 1 saturated heterocycles. The van der Waals surface area contributed by atoms with Crippen LogP contribution in [0.25, 0.3) is 0 Å². The Hall–Kier alpha value is -0.180. The molecule has 88 valence electrons. The van der Waals surface area contributed by atoms with Gasteiger partial charge in [-0.3, -0.25) is 4.79 Å². The third kappa shape index (κ3) is 3.71. The summed E-state index contributed by atoms with van der Waals surface area (Å²) in [6, 6.07) is 0. The smallest absolute Gasteiger partial charge is 0.277 e. The van der Waals surface area contributed by atoms with Crippen LogP contribution in [0.5, 0.6) is 0 Å². The molecule has 1 rings (SSSR count). The number of nitrogens with zero attached hydrogens (tertiary/aromatic N) is 2. The van der Waals surface area contributed by atoms with Crippen molar-refractivity contribution in [3.05, 3.63) is 0 Å². The van der Waals surface area contributed by atoms with Crippen molar-refractivity contribution < 1.29 is 13.2 Å². The average molecular weight is 300 g/mol. The monoisotopic (exact) mass is 299 g/mol. The first-order valence-corrected chi connectivity index (χ1v) is 7.19. The minimum Gasteiger partial charge on any atom is -0.340 e. The second-order valence-electron chi connectivity index (χ2n) is 3.26. The molecule has 2 N–H and O–H groups in total. The molecule has 0 spiro atoms. The van der Waals surface area contributed by atoms with Gasteiger partial charge in [-0.2, -0.15) is 12.7 Å². The molecule has 0 aromatic carbocycles. The lowest BCUT2D eigenvalue weighted by molar-refractivity contribution is -0.131. The van der Waals surface area contributed by atoms with Crippen molar-refractivity contribution in [1.82, 2.24) is 9.21 Å². The number of carbonyl (C=O) groups excluding carboxylic acids is 1. The molecule has 0 unspecified atom stereocenters. The van der Waals surface area contributed by atoms with Crippen LogP contribution < -0.4 is 5.14 Å². The molecule has 0 saturated carbocycles. The van der Waals surface area contributed by atoms with E-state index >= 15 is 0 Å². The van der Waals surface area contributed by atoms with Crippen LogP contribution in [0.2, 0.25) is 0 Å². The number of rotatable bonds is 3. The summed E-state index contributed by atoms with van der Waals surface area (Å²) in [5.41, 5.74) is 0. The van der Waals surface area contributed by atoms with Gasteiger partial charge in [-0.05, 0) is 0 Å². The zero-order valence-corrected chi connectivity index (χ0v) is 10.6. The molecule has 15 heavy (non-hydrogen) atoms. The highest BCUT2D eigenvalue weighted by Crippen LogP contribution is 2.06. The number of amides is 1. The normalized spacial score (nSPS) is 19.2. The first kappa shape index (κ1) is 12.9. The number of nitrogens with two attached hydrogens (primary N) is 1. The van der Waals surface area contributed by atoms with Crippen molar-refractivity contribution in [3.63, 3.8) is 0 Å². The van der Waals surface area contributed by atoms with Gasteiger partial charge in [0, 0.05) is 37.9 Å². The van der Waals surface area contributed by atoms with Gasteiger partial charge in [0.1, 0.15) is 0 Å². The Labute approximate surface area is 97.7 Å². The number of halogens is 1. The summed E-state index contributed by atoms with van der Waals surface area (Å²) >= 11 is 3.19. The molecule has 1 aliphatic rings. The van der Waals surface area contributed by atoms with Crippen LogP contribution in [0.1, 0.15) is 6.42 Å². The molecule has 1 heterocycles. The standard InChI is InChI=1S/C7H14BrN3O3S/c8-2-1-7(12)10-3-5-11(6-4-10)15(9,13)14/h1-6H2,(H2,9,13,14). The lowest BCUT2D eigenvalue weighted by Gasteiger charge is -2.32. The van der Waals surface area contributed by atoms with Crippen LogP contribution in [0.15, 0.2) is 0 Å². The number of carbonyl (C=O) groups is 1. The minimum absolute atomic E-state index is 0.0425. The van der Waals surface area contributed by atoms with E-state index in [1.54, 1.807) is 4.90 Å². The molecular formula is C7H14BrN3O3S. The van der Waals surface area contributed by atoms with Gasteiger partial charge >= 0.3 is 0 Å². The van der Waals surface area contributed by atoms with Crippen LogP contribution in [-0.4, -0.2) is 55.0 Å². The van der Waals surface area contributed by atoms with E-state index in [-0.39, 0.29) is 19.0 Å². The minimum atomic E-state index is -3.60. The maximum Gasteiger partial charge on any atom is 0.277 e. The van der Waals surface area contributed by atoms with Gasteiger partial charge in [0.05, 0.1) is 0 Å². The second-order valence-corrected chi connectivity index (χ2v) is 5.60. The summed E-state index contributed by atoms with van der Waals surface area (Å²) in [6.07, 6.45) is 0.440. The van der Waals surface area contributed by atoms with Crippen molar-refractivity contribution in [2.24, 2.45) is 5.14 Å². The molecule has 1 amide bonds. The summed E-state index contributed by atoms with van der Waals surface area (Å²) in [4.78, 5) is 13.1. The molecule has 0 radical (unpaired) electrons. The van der Waals surface area contributed by atoms with Gasteiger partial charge in [0.2, 0.25) is 5.91 Å². The molecule has 0 aliphatic carbocycles. The second kappa shape index (κ2) is 5.24. The predicted molar refractivity (Wildman–Crippen MR) is 59.7 cm³/mol.